The third kappa shape index (κ3) is 4.77. The second-order valence-corrected chi connectivity index (χ2v) is 7.63. The summed E-state index contributed by atoms with van der Waals surface area (Å²) in [6.07, 6.45) is 2.59. The average molecular weight is 456 g/mol. The van der Waals surface area contributed by atoms with Crippen molar-refractivity contribution in [2.24, 2.45) is 0 Å². The largest absolute Gasteiger partial charge is 0.349 e. The second kappa shape index (κ2) is 10.1. The van der Waals surface area contributed by atoms with Gasteiger partial charge in [-0.05, 0) is 12.7 Å². The van der Waals surface area contributed by atoms with E-state index in [9.17, 15) is 10.1 Å². The van der Waals surface area contributed by atoms with Crippen LogP contribution in [0.15, 0.2) is 5.16 Å². The summed E-state index contributed by atoms with van der Waals surface area (Å²) in [5.41, 5.74) is 1.16. The van der Waals surface area contributed by atoms with Crippen LogP contribution in [0.4, 0.5) is 5.82 Å². The van der Waals surface area contributed by atoms with Gasteiger partial charge in [0, 0.05) is 27.2 Å². The molecule has 29 heavy (non-hydrogen) atoms. The lowest BCUT2D eigenvalue weighted by Crippen LogP contribution is -2.26. The van der Waals surface area contributed by atoms with E-state index in [2.05, 4.69) is 21.1 Å². The van der Waals surface area contributed by atoms with Crippen LogP contribution in [0, 0.1) is 11.3 Å². The third-order valence-corrected chi connectivity index (χ3v) is 5.38. The van der Waals surface area contributed by atoms with Gasteiger partial charge in [0.05, 0.1) is 17.3 Å². The van der Waals surface area contributed by atoms with E-state index in [1.807, 2.05) is 25.0 Å². The number of rotatable bonds is 3. The molecule has 2 aromatic rings. The highest BCUT2D eigenvalue weighted by Gasteiger charge is 2.28. The van der Waals surface area contributed by atoms with E-state index in [0.29, 0.717) is 41.3 Å². The molecule has 0 radical (unpaired) electrons. The summed E-state index contributed by atoms with van der Waals surface area (Å²) in [4.78, 5) is 24.3. The lowest BCUT2D eigenvalue weighted by atomic mass is 10.2. The minimum absolute atomic E-state index is 0.124. The van der Waals surface area contributed by atoms with Crippen molar-refractivity contribution in [2.75, 3.05) is 31.8 Å². The van der Waals surface area contributed by atoms with Crippen LogP contribution in [-0.2, 0) is 13.1 Å². The number of aryl methyl sites for hydroxylation is 1. The Labute approximate surface area is 184 Å². The number of nitrogens with zero attached hydrogens (tertiary/aromatic N) is 7. The first-order valence-electron chi connectivity index (χ1n) is 9.10. The maximum absolute atomic E-state index is 12.3. The van der Waals surface area contributed by atoms with Crippen molar-refractivity contribution >= 4 is 46.7 Å². The Morgan fingerprint density at radius 3 is 2.52 bits per heavy atom. The number of hydrogen-bond acceptors (Lipinski definition) is 7. The summed E-state index contributed by atoms with van der Waals surface area (Å²) in [5.74, 6) is 0.215. The highest BCUT2D eigenvalue weighted by Crippen LogP contribution is 2.31. The maximum atomic E-state index is 12.3. The average Bonchev–Trinajstić information content (AvgIpc) is 2.89. The van der Waals surface area contributed by atoms with Gasteiger partial charge in [-0.2, -0.15) is 10.4 Å². The van der Waals surface area contributed by atoms with Crippen LogP contribution < -0.4 is 4.90 Å². The van der Waals surface area contributed by atoms with Crippen molar-refractivity contribution in [1.82, 2.24) is 24.6 Å². The number of aromatic nitrogens is 4. The predicted molar refractivity (Wildman–Crippen MR) is 116 cm³/mol. The molecule has 0 unspecified atom stereocenters. The Morgan fingerprint density at radius 1 is 1.24 bits per heavy atom. The second-order valence-electron chi connectivity index (χ2n) is 6.12. The number of thioether (sulfide) groups is 1. The van der Waals surface area contributed by atoms with Crippen molar-refractivity contribution in [2.45, 2.75) is 38.5 Å². The number of carbonyl (C=O) groups is 1. The maximum Gasteiger partial charge on any atom is 0.275 e. The molecule has 8 nitrogen and oxygen atoms in total. The van der Waals surface area contributed by atoms with Gasteiger partial charge in [0.25, 0.3) is 5.91 Å². The third-order valence-electron chi connectivity index (χ3n) is 4.16. The zero-order valence-electron chi connectivity index (χ0n) is 17.0. The highest BCUT2D eigenvalue weighted by atomic mass is 35.5. The zero-order chi connectivity index (χ0) is 21.7. The van der Waals surface area contributed by atoms with Gasteiger partial charge >= 0.3 is 0 Å². The molecule has 3 heterocycles. The van der Waals surface area contributed by atoms with Crippen LogP contribution in [0.1, 0.15) is 42.0 Å². The molecule has 0 N–H and O–H groups in total. The fraction of sp³-hybridized carbons (Fsp3) is 0.500. The van der Waals surface area contributed by atoms with E-state index in [4.69, 9.17) is 23.2 Å². The molecule has 0 aliphatic carbocycles. The Morgan fingerprint density at radius 2 is 1.93 bits per heavy atom. The number of anilines is 1. The fourth-order valence-corrected chi connectivity index (χ4v) is 3.72. The van der Waals surface area contributed by atoms with Gasteiger partial charge < -0.3 is 9.80 Å². The van der Waals surface area contributed by atoms with Gasteiger partial charge in [-0.3, -0.25) is 9.48 Å². The molecule has 3 rings (SSSR count). The highest BCUT2D eigenvalue weighted by molar-refractivity contribution is 7.98. The molecule has 0 atom stereocenters. The molecule has 0 bridgehead atoms. The normalized spacial score (nSPS) is 13.0. The Bertz CT molecular complexity index is 939. The monoisotopic (exact) mass is 455 g/mol. The number of carbonyl (C=O) groups excluding carboxylic acids is 1. The van der Waals surface area contributed by atoms with Gasteiger partial charge in [0.2, 0.25) is 0 Å². The van der Waals surface area contributed by atoms with Gasteiger partial charge in [0.1, 0.15) is 11.6 Å². The van der Waals surface area contributed by atoms with Crippen molar-refractivity contribution in [3.8, 4) is 6.07 Å². The number of amides is 1. The lowest BCUT2D eigenvalue weighted by Gasteiger charge is -2.23. The molecular formula is C18H23Cl2N7OS. The van der Waals surface area contributed by atoms with Crippen molar-refractivity contribution < 1.29 is 4.79 Å². The molecule has 0 spiro atoms. The van der Waals surface area contributed by atoms with Crippen LogP contribution >= 0.6 is 35.0 Å². The van der Waals surface area contributed by atoms with E-state index in [-0.39, 0.29) is 22.3 Å². The van der Waals surface area contributed by atoms with E-state index in [1.165, 1.54) is 16.7 Å². The summed E-state index contributed by atoms with van der Waals surface area (Å²) in [5, 5.41) is 14.8. The number of halogens is 2. The lowest BCUT2D eigenvalue weighted by molar-refractivity contribution is 0.0821. The van der Waals surface area contributed by atoms with Gasteiger partial charge in [-0.15, -0.1) is 0 Å². The summed E-state index contributed by atoms with van der Waals surface area (Å²) < 4.78 is 1.75. The topological polar surface area (TPSA) is 90.9 Å². The smallest absolute Gasteiger partial charge is 0.275 e. The Hall–Kier alpha value is -2.02. The minimum Gasteiger partial charge on any atom is -0.349 e. The van der Waals surface area contributed by atoms with E-state index in [1.54, 1.807) is 18.8 Å². The first-order valence-corrected chi connectivity index (χ1v) is 11.1. The standard InChI is InChI=1S/C16H17Cl2N7OS.C2H6/c1-23(2)15(26)12-11(17)10-8-24(5-4-6-25(10)22-12)14-9(7-19)13(18)20-16(21-14)27-3;1-2/h4-6,8H2,1-3H3;1-2H3. The summed E-state index contributed by atoms with van der Waals surface area (Å²) >= 11 is 14.0. The summed E-state index contributed by atoms with van der Waals surface area (Å²) in [7, 11) is 3.31. The van der Waals surface area contributed by atoms with Gasteiger partial charge in [0.15, 0.2) is 21.8 Å². The number of fused-ring (bicyclic) bond motifs is 1. The van der Waals surface area contributed by atoms with Crippen molar-refractivity contribution in [3.05, 3.63) is 27.1 Å². The van der Waals surface area contributed by atoms with E-state index in [0.717, 1.165) is 6.42 Å². The summed E-state index contributed by atoms with van der Waals surface area (Å²) in [6, 6.07) is 2.09. The molecule has 1 aliphatic heterocycles. The molecule has 1 aliphatic rings. The number of hydrogen-bond donors (Lipinski definition) is 0. The molecule has 11 heteroatoms. The molecule has 156 valence electrons. The Balaban J connectivity index is 0.00000145. The molecular weight excluding hydrogens is 433 g/mol. The molecule has 2 aromatic heterocycles. The van der Waals surface area contributed by atoms with Gasteiger partial charge in [-0.1, -0.05) is 48.8 Å². The first-order chi connectivity index (χ1) is 13.9. The zero-order valence-corrected chi connectivity index (χ0v) is 19.4. The van der Waals surface area contributed by atoms with Crippen molar-refractivity contribution in [3.63, 3.8) is 0 Å². The Kier molecular flexibility index (Phi) is 8.14. The number of nitriles is 1. The molecule has 1 amide bonds. The fourth-order valence-electron chi connectivity index (χ4n) is 2.83. The van der Waals surface area contributed by atoms with E-state index < -0.39 is 0 Å². The summed E-state index contributed by atoms with van der Waals surface area (Å²) in [6.45, 7) is 5.62. The van der Waals surface area contributed by atoms with Crippen LogP contribution in [0.2, 0.25) is 10.2 Å². The molecule has 0 fully saturated rings. The predicted octanol–water partition coefficient (Wildman–Crippen LogP) is 3.71. The van der Waals surface area contributed by atoms with Crippen LogP contribution in [0.25, 0.3) is 0 Å². The SMILES string of the molecule is CC.CSc1nc(Cl)c(C#N)c(N2CCCn3nc(C(=O)N(C)C)c(Cl)c3C2)n1. The quantitative estimate of drug-likeness (QED) is 0.395. The van der Waals surface area contributed by atoms with Crippen LogP contribution in [0.3, 0.4) is 0 Å². The molecule has 0 saturated heterocycles. The molecule has 0 saturated carbocycles. The van der Waals surface area contributed by atoms with E-state index >= 15 is 0 Å². The van der Waals surface area contributed by atoms with Gasteiger partial charge in [-0.25, -0.2) is 9.97 Å². The first kappa shape index (κ1) is 23.3. The van der Waals surface area contributed by atoms with Crippen LogP contribution in [-0.4, -0.2) is 57.5 Å². The van der Waals surface area contributed by atoms with Crippen molar-refractivity contribution in [1.29, 1.82) is 5.26 Å². The minimum atomic E-state index is -0.250. The molecule has 0 aromatic carbocycles. The van der Waals surface area contributed by atoms with Crippen LogP contribution in [0.5, 0.6) is 0 Å².